The second-order valence-electron chi connectivity index (χ2n) is 4.29. The highest BCUT2D eigenvalue weighted by Gasteiger charge is 2.18. The van der Waals surface area contributed by atoms with Crippen molar-refractivity contribution in [2.75, 3.05) is 13.2 Å². The Bertz CT molecular complexity index is 560. The summed E-state index contributed by atoms with van der Waals surface area (Å²) in [4.78, 5) is 16.2. The molecule has 1 aliphatic rings. The molecular formula is C12H14N4O2. The van der Waals surface area contributed by atoms with Crippen LogP contribution in [0.4, 0.5) is 0 Å². The number of ether oxygens (including phenoxy) is 1. The molecule has 0 aliphatic carbocycles. The molecule has 0 aromatic carbocycles. The monoisotopic (exact) mass is 246 g/mol. The molecule has 1 saturated heterocycles. The maximum atomic E-state index is 12.0. The van der Waals surface area contributed by atoms with Crippen molar-refractivity contribution in [1.29, 1.82) is 0 Å². The van der Waals surface area contributed by atoms with Gasteiger partial charge in [-0.25, -0.2) is 9.50 Å². The first-order chi connectivity index (χ1) is 8.84. The van der Waals surface area contributed by atoms with E-state index in [-0.39, 0.29) is 12.0 Å². The maximum Gasteiger partial charge on any atom is 0.256 e. The molecule has 1 fully saturated rings. The molecule has 3 heterocycles. The van der Waals surface area contributed by atoms with Gasteiger partial charge in [0.25, 0.3) is 5.91 Å². The van der Waals surface area contributed by atoms with Crippen LogP contribution in [0.1, 0.15) is 23.2 Å². The molecule has 1 amide bonds. The van der Waals surface area contributed by atoms with Gasteiger partial charge in [0.15, 0.2) is 5.65 Å². The average Bonchev–Trinajstić information content (AvgIpc) is 3.05. The van der Waals surface area contributed by atoms with Gasteiger partial charge >= 0.3 is 0 Å². The van der Waals surface area contributed by atoms with Gasteiger partial charge in [-0.3, -0.25) is 4.79 Å². The van der Waals surface area contributed by atoms with Gasteiger partial charge in [0.2, 0.25) is 0 Å². The summed E-state index contributed by atoms with van der Waals surface area (Å²) in [6, 6.07) is 1.77. The van der Waals surface area contributed by atoms with Crippen molar-refractivity contribution in [1.82, 2.24) is 19.9 Å². The maximum absolute atomic E-state index is 12.0. The summed E-state index contributed by atoms with van der Waals surface area (Å²) < 4.78 is 7.04. The molecule has 0 saturated carbocycles. The van der Waals surface area contributed by atoms with Gasteiger partial charge in [-0.05, 0) is 18.9 Å². The first kappa shape index (κ1) is 11.2. The molecule has 0 bridgehead atoms. The number of amides is 1. The molecule has 0 unspecified atom stereocenters. The molecule has 0 radical (unpaired) electrons. The van der Waals surface area contributed by atoms with Crippen LogP contribution in [0.15, 0.2) is 24.7 Å². The Morgan fingerprint density at radius 3 is 3.39 bits per heavy atom. The first-order valence-corrected chi connectivity index (χ1v) is 6.03. The number of fused-ring (bicyclic) bond motifs is 1. The molecule has 0 spiro atoms. The SMILES string of the molecule is O=C(NC[C@H]1CCCO1)c1cnn2cccnc12. The minimum atomic E-state index is -0.154. The largest absolute Gasteiger partial charge is 0.376 e. The van der Waals surface area contributed by atoms with Gasteiger partial charge in [0.1, 0.15) is 5.56 Å². The third-order valence-electron chi connectivity index (χ3n) is 3.04. The van der Waals surface area contributed by atoms with Gasteiger partial charge in [-0.2, -0.15) is 5.10 Å². The fourth-order valence-electron chi connectivity index (χ4n) is 2.09. The molecule has 94 valence electrons. The standard InChI is InChI=1S/C12H14N4O2/c17-12(14-7-9-3-1-6-18-9)10-8-15-16-5-2-4-13-11(10)16/h2,4-5,8-9H,1,3,6-7H2,(H,14,17)/t9-/m1/s1. The summed E-state index contributed by atoms with van der Waals surface area (Å²) in [5.74, 6) is -0.154. The van der Waals surface area contributed by atoms with Crippen molar-refractivity contribution in [3.05, 3.63) is 30.2 Å². The third-order valence-corrected chi connectivity index (χ3v) is 3.04. The van der Waals surface area contributed by atoms with Crippen molar-refractivity contribution in [2.45, 2.75) is 18.9 Å². The second kappa shape index (κ2) is 4.73. The van der Waals surface area contributed by atoms with Crippen molar-refractivity contribution >= 4 is 11.6 Å². The number of nitrogens with one attached hydrogen (secondary N) is 1. The average molecular weight is 246 g/mol. The molecular weight excluding hydrogens is 232 g/mol. The van der Waals surface area contributed by atoms with Crippen LogP contribution in [0.25, 0.3) is 5.65 Å². The van der Waals surface area contributed by atoms with E-state index in [2.05, 4.69) is 15.4 Å². The van der Waals surface area contributed by atoms with Crippen LogP contribution in [0, 0.1) is 0 Å². The zero-order valence-electron chi connectivity index (χ0n) is 9.87. The van der Waals surface area contributed by atoms with E-state index >= 15 is 0 Å². The minimum absolute atomic E-state index is 0.142. The molecule has 1 aliphatic heterocycles. The number of carbonyl (C=O) groups is 1. The van der Waals surface area contributed by atoms with Crippen molar-refractivity contribution < 1.29 is 9.53 Å². The molecule has 2 aromatic heterocycles. The Hall–Kier alpha value is -1.95. The Morgan fingerprint density at radius 2 is 2.56 bits per heavy atom. The van der Waals surface area contributed by atoms with Gasteiger partial charge in [0.05, 0.1) is 12.3 Å². The fraction of sp³-hybridized carbons (Fsp3) is 0.417. The van der Waals surface area contributed by atoms with E-state index in [9.17, 15) is 4.79 Å². The molecule has 18 heavy (non-hydrogen) atoms. The topological polar surface area (TPSA) is 68.5 Å². The number of rotatable bonds is 3. The minimum Gasteiger partial charge on any atom is -0.376 e. The van der Waals surface area contributed by atoms with Crippen LogP contribution in [-0.2, 0) is 4.74 Å². The van der Waals surface area contributed by atoms with Gasteiger partial charge in [0, 0.05) is 25.5 Å². The second-order valence-corrected chi connectivity index (χ2v) is 4.29. The summed E-state index contributed by atoms with van der Waals surface area (Å²) >= 11 is 0. The Kier molecular flexibility index (Phi) is 2.93. The predicted octanol–water partition coefficient (Wildman–Crippen LogP) is 0.638. The number of carbonyl (C=O) groups excluding carboxylic acids is 1. The molecule has 6 heteroatoms. The van der Waals surface area contributed by atoms with Crippen molar-refractivity contribution in [2.24, 2.45) is 0 Å². The van der Waals surface area contributed by atoms with Crippen molar-refractivity contribution in [3.8, 4) is 0 Å². The fourth-order valence-corrected chi connectivity index (χ4v) is 2.09. The van der Waals surface area contributed by atoms with E-state index in [0.29, 0.717) is 17.8 Å². The lowest BCUT2D eigenvalue weighted by molar-refractivity contribution is 0.0859. The Morgan fingerprint density at radius 1 is 1.61 bits per heavy atom. The van der Waals surface area contributed by atoms with Crippen LogP contribution in [0.5, 0.6) is 0 Å². The van der Waals surface area contributed by atoms with E-state index in [0.717, 1.165) is 19.4 Å². The lowest BCUT2D eigenvalue weighted by Gasteiger charge is -2.09. The van der Waals surface area contributed by atoms with Crippen molar-refractivity contribution in [3.63, 3.8) is 0 Å². The zero-order valence-corrected chi connectivity index (χ0v) is 9.87. The Labute approximate surface area is 104 Å². The first-order valence-electron chi connectivity index (χ1n) is 6.03. The lowest BCUT2D eigenvalue weighted by atomic mass is 10.2. The molecule has 6 nitrogen and oxygen atoms in total. The van der Waals surface area contributed by atoms with Gasteiger partial charge < -0.3 is 10.1 Å². The highest BCUT2D eigenvalue weighted by Crippen LogP contribution is 2.11. The van der Waals surface area contributed by atoms with Gasteiger partial charge in [-0.15, -0.1) is 0 Å². The van der Waals surface area contributed by atoms with E-state index in [4.69, 9.17) is 4.74 Å². The van der Waals surface area contributed by atoms with Crippen LogP contribution in [-0.4, -0.2) is 39.8 Å². The number of nitrogens with zero attached hydrogens (tertiary/aromatic N) is 3. The van der Waals surface area contributed by atoms with Crippen LogP contribution in [0.2, 0.25) is 0 Å². The normalized spacial score (nSPS) is 19.2. The number of hydrogen-bond acceptors (Lipinski definition) is 4. The Balaban J connectivity index is 1.71. The molecule has 1 atom stereocenters. The zero-order chi connectivity index (χ0) is 12.4. The quantitative estimate of drug-likeness (QED) is 0.862. The summed E-state index contributed by atoms with van der Waals surface area (Å²) in [6.07, 6.45) is 7.16. The van der Waals surface area contributed by atoms with E-state index < -0.39 is 0 Å². The van der Waals surface area contributed by atoms with Gasteiger partial charge in [-0.1, -0.05) is 0 Å². The van der Waals surface area contributed by atoms with E-state index in [1.165, 1.54) is 6.20 Å². The highest BCUT2D eigenvalue weighted by atomic mass is 16.5. The molecule has 1 N–H and O–H groups in total. The summed E-state index contributed by atoms with van der Waals surface area (Å²) in [5, 5.41) is 6.94. The van der Waals surface area contributed by atoms with Crippen LogP contribution >= 0.6 is 0 Å². The van der Waals surface area contributed by atoms with E-state index in [1.54, 1.807) is 23.0 Å². The van der Waals surface area contributed by atoms with Crippen LogP contribution < -0.4 is 5.32 Å². The van der Waals surface area contributed by atoms with E-state index in [1.807, 2.05) is 0 Å². The third kappa shape index (κ3) is 2.06. The van der Waals surface area contributed by atoms with Crippen LogP contribution in [0.3, 0.4) is 0 Å². The lowest BCUT2D eigenvalue weighted by Crippen LogP contribution is -2.31. The smallest absolute Gasteiger partial charge is 0.256 e. The molecule has 2 aromatic rings. The highest BCUT2D eigenvalue weighted by molar-refractivity contribution is 5.99. The summed E-state index contributed by atoms with van der Waals surface area (Å²) in [5.41, 5.74) is 1.07. The summed E-state index contributed by atoms with van der Waals surface area (Å²) in [6.45, 7) is 1.34. The predicted molar refractivity (Wildman–Crippen MR) is 64.3 cm³/mol. The molecule has 3 rings (SSSR count). The number of hydrogen-bond donors (Lipinski definition) is 1. The summed E-state index contributed by atoms with van der Waals surface area (Å²) in [7, 11) is 0. The number of aromatic nitrogens is 3.